The molecule has 0 aliphatic rings. The van der Waals surface area contributed by atoms with Gasteiger partial charge in [-0.2, -0.15) is 0 Å². The van der Waals surface area contributed by atoms with Gasteiger partial charge in [-0.1, -0.05) is 0 Å². The van der Waals surface area contributed by atoms with E-state index in [-0.39, 0.29) is 11.9 Å². The molecule has 0 spiro atoms. The first-order valence-corrected chi connectivity index (χ1v) is 6.62. The van der Waals surface area contributed by atoms with Crippen LogP contribution in [0.3, 0.4) is 0 Å². The number of nitrogens with two attached hydrogens (primary N) is 1. The summed E-state index contributed by atoms with van der Waals surface area (Å²) in [6, 6.07) is 5.01. The highest BCUT2D eigenvalue weighted by molar-refractivity contribution is 5.84. The maximum atomic E-state index is 13.6. The number of anilines is 1. The summed E-state index contributed by atoms with van der Waals surface area (Å²) in [5, 5.41) is 4.09. The summed E-state index contributed by atoms with van der Waals surface area (Å²) >= 11 is 0. The van der Waals surface area contributed by atoms with Gasteiger partial charge in [0.15, 0.2) is 0 Å². The van der Waals surface area contributed by atoms with Crippen molar-refractivity contribution in [2.45, 2.75) is 19.9 Å². The summed E-state index contributed by atoms with van der Waals surface area (Å²) in [6.07, 6.45) is 0. The van der Waals surface area contributed by atoms with Gasteiger partial charge in [-0.3, -0.25) is 0 Å². The van der Waals surface area contributed by atoms with Gasteiger partial charge < -0.3 is 15.8 Å². The van der Waals surface area contributed by atoms with E-state index in [2.05, 4.69) is 10.3 Å². The molecule has 1 aromatic heterocycles. The molecule has 4 nitrogen and oxygen atoms in total. The van der Waals surface area contributed by atoms with Crippen molar-refractivity contribution in [1.29, 1.82) is 0 Å². The van der Waals surface area contributed by atoms with E-state index >= 15 is 0 Å². The minimum Gasteiger partial charge on any atom is -0.383 e. The lowest BCUT2D eigenvalue weighted by molar-refractivity contribution is 0.210. The SMILES string of the molecule is COCCNc1nc2c(C)c(F)ccc2cc1C(C)N. The van der Waals surface area contributed by atoms with Crippen LogP contribution in [0.4, 0.5) is 10.2 Å². The van der Waals surface area contributed by atoms with E-state index in [1.165, 1.54) is 6.07 Å². The second kappa shape index (κ2) is 6.15. The number of benzene rings is 1. The van der Waals surface area contributed by atoms with Gasteiger partial charge >= 0.3 is 0 Å². The van der Waals surface area contributed by atoms with E-state index in [0.29, 0.717) is 30.0 Å². The molecule has 0 saturated heterocycles. The summed E-state index contributed by atoms with van der Waals surface area (Å²) in [5.74, 6) is 0.444. The second-order valence-electron chi connectivity index (χ2n) is 4.88. The Balaban J connectivity index is 2.51. The highest BCUT2D eigenvalue weighted by Crippen LogP contribution is 2.27. The molecule has 0 aliphatic carbocycles. The lowest BCUT2D eigenvalue weighted by atomic mass is 10.0. The summed E-state index contributed by atoms with van der Waals surface area (Å²) in [4.78, 5) is 4.54. The molecule has 108 valence electrons. The predicted molar refractivity (Wildman–Crippen MR) is 79.4 cm³/mol. The summed E-state index contributed by atoms with van der Waals surface area (Å²) < 4.78 is 18.7. The molecule has 3 N–H and O–H groups in total. The van der Waals surface area contributed by atoms with E-state index in [9.17, 15) is 4.39 Å². The molecular formula is C15H20FN3O. The average Bonchev–Trinajstić information content (AvgIpc) is 2.43. The number of aromatic nitrogens is 1. The van der Waals surface area contributed by atoms with Crippen molar-refractivity contribution in [2.24, 2.45) is 5.73 Å². The van der Waals surface area contributed by atoms with Gasteiger partial charge in [0.05, 0.1) is 12.1 Å². The fraction of sp³-hybridized carbons (Fsp3) is 0.400. The normalized spacial score (nSPS) is 12.7. The predicted octanol–water partition coefficient (Wildman–Crippen LogP) is 2.76. The van der Waals surface area contributed by atoms with Crippen LogP contribution in [0.25, 0.3) is 10.9 Å². The topological polar surface area (TPSA) is 60.2 Å². The summed E-state index contributed by atoms with van der Waals surface area (Å²) in [6.45, 7) is 4.83. The molecule has 0 bridgehead atoms. The molecular weight excluding hydrogens is 257 g/mol. The van der Waals surface area contributed by atoms with Gasteiger partial charge in [0.25, 0.3) is 0 Å². The van der Waals surface area contributed by atoms with E-state index in [1.54, 1.807) is 20.1 Å². The Kier molecular flexibility index (Phi) is 4.52. The zero-order valence-electron chi connectivity index (χ0n) is 12.0. The van der Waals surface area contributed by atoms with E-state index in [0.717, 1.165) is 10.9 Å². The first kappa shape index (κ1) is 14.7. The molecule has 2 rings (SSSR count). The number of aryl methyl sites for hydroxylation is 1. The zero-order chi connectivity index (χ0) is 14.7. The third-order valence-corrected chi connectivity index (χ3v) is 3.29. The maximum Gasteiger partial charge on any atom is 0.131 e. The van der Waals surface area contributed by atoms with Gasteiger partial charge in [-0.25, -0.2) is 9.37 Å². The Hall–Kier alpha value is -1.72. The van der Waals surface area contributed by atoms with E-state index in [4.69, 9.17) is 10.5 Å². The monoisotopic (exact) mass is 277 g/mol. The van der Waals surface area contributed by atoms with Crippen molar-refractivity contribution < 1.29 is 9.13 Å². The van der Waals surface area contributed by atoms with Gasteiger partial charge in [-0.05, 0) is 32.0 Å². The lowest BCUT2D eigenvalue weighted by Crippen LogP contribution is -2.15. The van der Waals surface area contributed by atoms with Crippen molar-refractivity contribution >= 4 is 16.7 Å². The van der Waals surface area contributed by atoms with Crippen LogP contribution in [0, 0.1) is 12.7 Å². The molecule has 5 heteroatoms. The molecule has 2 aromatic rings. The number of fused-ring (bicyclic) bond motifs is 1. The third kappa shape index (κ3) is 2.89. The number of hydrogen-bond donors (Lipinski definition) is 2. The minimum absolute atomic E-state index is 0.151. The van der Waals surface area contributed by atoms with E-state index < -0.39 is 0 Å². The Bertz CT molecular complexity index is 614. The van der Waals surface area contributed by atoms with Crippen molar-refractivity contribution in [2.75, 3.05) is 25.6 Å². The van der Waals surface area contributed by atoms with Crippen molar-refractivity contribution in [3.63, 3.8) is 0 Å². The molecule has 0 fully saturated rings. The number of hydrogen-bond acceptors (Lipinski definition) is 4. The number of methoxy groups -OCH3 is 1. The third-order valence-electron chi connectivity index (χ3n) is 3.29. The van der Waals surface area contributed by atoms with Crippen molar-refractivity contribution in [3.05, 3.63) is 35.1 Å². The quantitative estimate of drug-likeness (QED) is 0.825. The molecule has 0 aliphatic heterocycles. The molecule has 0 saturated carbocycles. The Labute approximate surface area is 118 Å². The molecule has 0 radical (unpaired) electrons. The van der Waals surface area contributed by atoms with Gasteiger partial charge in [0.1, 0.15) is 11.6 Å². The van der Waals surface area contributed by atoms with Crippen molar-refractivity contribution in [1.82, 2.24) is 4.98 Å². The van der Waals surface area contributed by atoms with Crippen LogP contribution in [0.1, 0.15) is 24.1 Å². The van der Waals surface area contributed by atoms with Gasteiger partial charge in [-0.15, -0.1) is 0 Å². The highest BCUT2D eigenvalue weighted by Gasteiger charge is 2.13. The smallest absolute Gasteiger partial charge is 0.131 e. The van der Waals surface area contributed by atoms with Crippen LogP contribution >= 0.6 is 0 Å². The van der Waals surface area contributed by atoms with Crippen LogP contribution < -0.4 is 11.1 Å². The summed E-state index contributed by atoms with van der Waals surface area (Å²) in [5.41, 5.74) is 8.12. The van der Waals surface area contributed by atoms with Crippen LogP contribution in [0.2, 0.25) is 0 Å². The van der Waals surface area contributed by atoms with Crippen LogP contribution in [0.5, 0.6) is 0 Å². The average molecular weight is 277 g/mol. The Morgan fingerprint density at radius 1 is 1.45 bits per heavy atom. The number of ether oxygens (including phenoxy) is 1. The number of pyridine rings is 1. The highest BCUT2D eigenvalue weighted by atomic mass is 19.1. The zero-order valence-corrected chi connectivity index (χ0v) is 12.0. The first-order chi connectivity index (χ1) is 9.54. The number of nitrogens with zero attached hydrogens (tertiary/aromatic N) is 1. The molecule has 1 unspecified atom stereocenters. The maximum absolute atomic E-state index is 13.6. The van der Waals surface area contributed by atoms with Crippen molar-refractivity contribution in [3.8, 4) is 0 Å². The Morgan fingerprint density at radius 3 is 2.85 bits per heavy atom. The Morgan fingerprint density at radius 2 is 2.20 bits per heavy atom. The second-order valence-corrected chi connectivity index (χ2v) is 4.88. The molecule has 1 aromatic carbocycles. The number of nitrogens with one attached hydrogen (secondary N) is 1. The number of halogens is 1. The van der Waals surface area contributed by atoms with Gasteiger partial charge in [0.2, 0.25) is 0 Å². The molecule has 20 heavy (non-hydrogen) atoms. The van der Waals surface area contributed by atoms with Crippen LogP contribution in [-0.2, 0) is 4.74 Å². The number of rotatable bonds is 5. The standard InChI is InChI=1S/C15H20FN3O/c1-9-13(16)5-4-11-8-12(10(2)17)15(19-14(9)11)18-6-7-20-3/h4-5,8,10H,6-7,17H2,1-3H3,(H,18,19). The fourth-order valence-corrected chi connectivity index (χ4v) is 2.13. The van der Waals surface area contributed by atoms with Crippen LogP contribution in [0.15, 0.2) is 18.2 Å². The van der Waals surface area contributed by atoms with Crippen LogP contribution in [-0.4, -0.2) is 25.2 Å². The first-order valence-electron chi connectivity index (χ1n) is 6.62. The largest absolute Gasteiger partial charge is 0.383 e. The van der Waals surface area contributed by atoms with Gasteiger partial charge in [0, 0.05) is 36.2 Å². The molecule has 1 atom stereocenters. The fourth-order valence-electron chi connectivity index (χ4n) is 2.13. The van der Waals surface area contributed by atoms with E-state index in [1.807, 2.05) is 13.0 Å². The molecule has 1 heterocycles. The lowest BCUT2D eigenvalue weighted by Gasteiger charge is -2.16. The summed E-state index contributed by atoms with van der Waals surface area (Å²) in [7, 11) is 1.64. The molecule has 0 amide bonds. The minimum atomic E-state index is -0.249.